The second-order valence-electron chi connectivity index (χ2n) is 4.20. The first-order valence-corrected chi connectivity index (χ1v) is 6.92. The van der Waals surface area contributed by atoms with Gasteiger partial charge in [0.1, 0.15) is 5.75 Å². The summed E-state index contributed by atoms with van der Waals surface area (Å²) in [7, 11) is 0. The molecule has 0 atom stereocenters. The maximum atomic E-state index is 12.5. The summed E-state index contributed by atoms with van der Waals surface area (Å²) in [5.74, 6) is 0.747. The van der Waals surface area contributed by atoms with Crippen molar-refractivity contribution in [2.45, 2.75) is 4.90 Å². The van der Waals surface area contributed by atoms with Crippen LogP contribution in [0.5, 0.6) is 5.75 Å². The van der Waals surface area contributed by atoms with Crippen molar-refractivity contribution < 1.29 is 9.90 Å². The van der Waals surface area contributed by atoms with Crippen LogP contribution in [0.1, 0.15) is 10.4 Å². The van der Waals surface area contributed by atoms with Crippen LogP contribution in [0.3, 0.4) is 0 Å². The van der Waals surface area contributed by atoms with Crippen LogP contribution in [0.2, 0.25) is 0 Å². The molecule has 4 nitrogen and oxygen atoms in total. The third-order valence-electron chi connectivity index (χ3n) is 2.94. The highest BCUT2D eigenvalue weighted by Crippen LogP contribution is 2.35. The predicted molar refractivity (Wildman–Crippen MR) is 74.7 cm³/mol. The van der Waals surface area contributed by atoms with Crippen LogP contribution in [0.15, 0.2) is 47.6 Å². The second kappa shape index (κ2) is 4.93. The number of carbonyl (C=O) groups is 1. The van der Waals surface area contributed by atoms with Gasteiger partial charge in [-0.1, -0.05) is 12.1 Å². The number of thioether (sulfide) groups is 1. The van der Waals surface area contributed by atoms with E-state index in [1.807, 2.05) is 24.3 Å². The molecule has 0 unspecified atom stereocenters. The Hall–Kier alpha value is -2.01. The van der Waals surface area contributed by atoms with Gasteiger partial charge in [-0.25, -0.2) is 0 Å². The van der Waals surface area contributed by atoms with Crippen molar-refractivity contribution in [3.63, 3.8) is 0 Å². The smallest absolute Gasteiger partial charge is 0.260 e. The van der Waals surface area contributed by atoms with Gasteiger partial charge < -0.3 is 10.0 Å². The molecule has 0 spiro atoms. The van der Waals surface area contributed by atoms with Crippen LogP contribution >= 0.6 is 11.8 Å². The number of carbonyl (C=O) groups excluding carboxylic acids is 1. The van der Waals surface area contributed by atoms with Crippen molar-refractivity contribution in [3.8, 4) is 5.75 Å². The molecule has 0 radical (unpaired) electrons. The molecule has 1 aromatic carbocycles. The van der Waals surface area contributed by atoms with E-state index in [4.69, 9.17) is 0 Å². The van der Waals surface area contributed by atoms with Crippen LogP contribution < -0.4 is 4.90 Å². The van der Waals surface area contributed by atoms with E-state index in [9.17, 15) is 9.90 Å². The number of aromatic nitrogens is 1. The van der Waals surface area contributed by atoms with Crippen LogP contribution in [0, 0.1) is 0 Å². The Morgan fingerprint density at radius 2 is 2.16 bits per heavy atom. The fourth-order valence-electron chi connectivity index (χ4n) is 2.08. The Morgan fingerprint density at radius 1 is 1.32 bits per heavy atom. The van der Waals surface area contributed by atoms with E-state index in [1.54, 1.807) is 16.7 Å². The molecule has 1 amide bonds. The molecule has 0 saturated carbocycles. The van der Waals surface area contributed by atoms with Gasteiger partial charge in [0.2, 0.25) is 0 Å². The number of hydrogen-bond donors (Lipinski definition) is 1. The van der Waals surface area contributed by atoms with Gasteiger partial charge in [-0.3, -0.25) is 9.78 Å². The summed E-state index contributed by atoms with van der Waals surface area (Å²) in [6.07, 6.45) is 2.79. The first-order valence-electron chi connectivity index (χ1n) is 5.93. The lowest BCUT2D eigenvalue weighted by molar-refractivity contribution is 0.0987. The van der Waals surface area contributed by atoms with Crippen LogP contribution in [-0.2, 0) is 0 Å². The maximum absolute atomic E-state index is 12.5. The number of benzene rings is 1. The van der Waals surface area contributed by atoms with E-state index >= 15 is 0 Å². The van der Waals surface area contributed by atoms with Crippen molar-refractivity contribution in [2.24, 2.45) is 0 Å². The summed E-state index contributed by atoms with van der Waals surface area (Å²) in [6, 6.07) is 9.29. The molecule has 0 fully saturated rings. The molecule has 1 N–H and O–H groups in total. The highest BCUT2D eigenvalue weighted by molar-refractivity contribution is 7.99. The van der Waals surface area contributed by atoms with Crippen molar-refractivity contribution in [3.05, 3.63) is 48.3 Å². The number of pyridine rings is 1. The van der Waals surface area contributed by atoms with E-state index in [2.05, 4.69) is 4.98 Å². The number of nitrogens with zero attached hydrogens (tertiary/aromatic N) is 2. The zero-order chi connectivity index (χ0) is 13.2. The van der Waals surface area contributed by atoms with Gasteiger partial charge in [0.05, 0.1) is 17.4 Å². The monoisotopic (exact) mass is 272 g/mol. The molecule has 19 heavy (non-hydrogen) atoms. The fourth-order valence-corrected chi connectivity index (χ4v) is 3.08. The lowest BCUT2D eigenvalue weighted by atomic mass is 10.2. The molecular formula is C14H12N2O2S. The minimum absolute atomic E-state index is 0.00511. The van der Waals surface area contributed by atoms with E-state index in [-0.39, 0.29) is 11.7 Å². The molecule has 0 aliphatic carbocycles. The van der Waals surface area contributed by atoms with Crippen molar-refractivity contribution >= 4 is 23.4 Å². The number of anilines is 1. The number of amides is 1. The second-order valence-corrected chi connectivity index (χ2v) is 5.34. The lowest BCUT2D eigenvalue weighted by Crippen LogP contribution is -2.35. The summed E-state index contributed by atoms with van der Waals surface area (Å²) >= 11 is 1.75. The molecule has 0 bridgehead atoms. The Bertz CT molecular complexity index is 630. The zero-order valence-electron chi connectivity index (χ0n) is 10.1. The molecular weight excluding hydrogens is 260 g/mol. The SMILES string of the molecule is O=C(c1cncc(O)c1)N1CCSc2ccccc21. The third kappa shape index (κ3) is 2.29. The van der Waals surface area contributed by atoms with Crippen LogP contribution in [-0.4, -0.2) is 28.3 Å². The summed E-state index contributed by atoms with van der Waals surface area (Å²) < 4.78 is 0. The quantitative estimate of drug-likeness (QED) is 0.866. The lowest BCUT2D eigenvalue weighted by Gasteiger charge is -2.28. The first kappa shape index (κ1) is 12.0. The van der Waals surface area contributed by atoms with E-state index < -0.39 is 0 Å². The van der Waals surface area contributed by atoms with E-state index in [1.165, 1.54) is 18.5 Å². The fraction of sp³-hybridized carbons (Fsp3) is 0.143. The Morgan fingerprint density at radius 3 is 3.00 bits per heavy atom. The number of aromatic hydroxyl groups is 1. The van der Waals surface area contributed by atoms with Gasteiger partial charge in [0.25, 0.3) is 5.91 Å². The molecule has 3 rings (SSSR count). The average Bonchev–Trinajstić information content (AvgIpc) is 2.46. The molecule has 2 heterocycles. The topological polar surface area (TPSA) is 53.4 Å². The van der Waals surface area contributed by atoms with Gasteiger partial charge in [-0.2, -0.15) is 0 Å². The largest absolute Gasteiger partial charge is 0.506 e. The molecule has 1 aliphatic rings. The number of para-hydroxylation sites is 1. The highest BCUT2D eigenvalue weighted by Gasteiger charge is 2.23. The van der Waals surface area contributed by atoms with Gasteiger partial charge >= 0.3 is 0 Å². The maximum Gasteiger partial charge on any atom is 0.260 e. The summed E-state index contributed by atoms with van der Waals surface area (Å²) in [5.41, 5.74) is 1.33. The number of hydrogen-bond acceptors (Lipinski definition) is 4. The highest BCUT2D eigenvalue weighted by atomic mass is 32.2. The third-order valence-corrected chi connectivity index (χ3v) is 3.99. The van der Waals surface area contributed by atoms with Gasteiger partial charge in [0, 0.05) is 23.4 Å². The zero-order valence-corrected chi connectivity index (χ0v) is 10.9. The molecule has 2 aromatic rings. The number of rotatable bonds is 1. The van der Waals surface area contributed by atoms with E-state index in [0.29, 0.717) is 12.1 Å². The normalized spacial score (nSPS) is 14.0. The summed E-state index contributed by atoms with van der Waals surface area (Å²) in [6.45, 7) is 0.663. The number of fused-ring (bicyclic) bond motifs is 1. The molecule has 0 saturated heterocycles. The minimum atomic E-state index is -0.129. The average molecular weight is 272 g/mol. The molecule has 1 aromatic heterocycles. The molecule has 1 aliphatic heterocycles. The Labute approximate surface area is 115 Å². The van der Waals surface area contributed by atoms with Gasteiger partial charge in [-0.05, 0) is 18.2 Å². The van der Waals surface area contributed by atoms with Gasteiger partial charge in [0.15, 0.2) is 0 Å². The predicted octanol–water partition coefficient (Wildman–Crippen LogP) is 2.54. The van der Waals surface area contributed by atoms with Crippen molar-refractivity contribution in [1.82, 2.24) is 4.98 Å². The molecule has 5 heteroatoms. The van der Waals surface area contributed by atoms with Crippen molar-refractivity contribution in [1.29, 1.82) is 0 Å². The van der Waals surface area contributed by atoms with Crippen LogP contribution in [0.4, 0.5) is 5.69 Å². The minimum Gasteiger partial charge on any atom is -0.506 e. The Kier molecular flexibility index (Phi) is 3.13. The Balaban J connectivity index is 1.98. The van der Waals surface area contributed by atoms with Gasteiger partial charge in [-0.15, -0.1) is 11.8 Å². The molecule has 96 valence electrons. The standard InChI is InChI=1S/C14H12N2O2S/c17-11-7-10(8-15-9-11)14(18)16-5-6-19-13-4-2-1-3-12(13)16/h1-4,7-9,17H,5-6H2. The van der Waals surface area contributed by atoms with Crippen molar-refractivity contribution in [2.75, 3.05) is 17.2 Å². The summed E-state index contributed by atoms with van der Waals surface area (Å²) in [4.78, 5) is 19.2. The first-order chi connectivity index (χ1) is 9.25. The summed E-state index contributed by atoms with van der Waals surface area (Å²) in [5, 5.41) is 9.42. The van der Waals surface area contributed by atoms with Crippen LogP contribution in [0.25, 0.3) is 0 Å². The van der Waals surface area contributed by atoms with E-state index in [0.717, 1.165) is 16.3 Å².